The number of hydrogen-bond acceptors (Lipinski definition) is 2. The molecule has 0 aliphatic heterocycles. The number of hydrogen-bond donors (Lipinski definition) is 2. The minimum Gasteiger partial charge on any atom is -1.00 e. The molecule has 0 saturated heterocycles. The van der Waals surface area contributed by atoms with Crippen molar-refractivity contribution in [2.24, 2.45) is 0 Å². The van der Waals surface area contributed by atoms with Gasteiger partial charge < -0.3 is 30.9 Å². The van der Waals surface area contributed by atoms with Crippen molar-refractivity contribution >= 4 is 10.4 Å². The topological polar surface area (TPSA) is 74.6 Å². The molecule has 8 heteroatoms. The summed E-state index contributed by atoms with van der Waals surface area (Å²) in [5.41, 5.74) is 0. The van der Waals surface area contributed by atoms with E-state index < -0.39 is 10.4 Å². The first-order valence-electron chi connectivity index (χ1n) is 6.41. The van der Waals surface area contributed by atoms with E-state index in [1.807, 2.05) is 0 Å². The van der Waals surface area contributed by atoms with Gasteiger partial charge in [-0.1, -0.05) is 64.7 Å². The molecular formula is C12H27IKNaO4S. The van der Waals surface area contributed by atoms with Crippen molar-refractivity contribution in [1.82, 2.24) is 0 Å². The molecule has 0 aromatic carbocycles. The Bertz CT molecular complexity index is 224. The smallest absolute Gasteiger partial charge is 1.00 e. The Hall–Kier alpha value is 3.24. The van der Waals surface area contributed by atoms with Gasteiger partial charge in [-0.05, 0) is 0 Å². The second kappa shape index (κ2) is 27.1. The van der Waals surface area contributed by atoms with Gasteiger partial charge in [0.2, 0.25) is 0 Å². The van der Waals surface area contributed by atoms with Gasteiger partial charge in [0.25, 0.3) is 0 Å². The van der Waals surface area contributed by atoms with Crippen LogP contribution in [0, 0.1) is 6.92 Å². The molecular weight excluding hydrogens is 429 g/mol. The Morgan fingerprint density at radius 2 is 1.10 bits per heavy atom. The minimum atomic E-state index is -4.67. The molecule has 0 atom stereocenters. The molecule has 0 spiro atoms. The van der Waals surface area contributed by atoms with Gasteiger partial charge in [0, 0.05) is 0 Å². The second-order valence-electron chi connectivity index (χ2n) is 4.13. The van der Waals surface area contributed by atoms with E-state index in [9.17, 15) is 0 Å². The third-order valence-electron chi connectivity index (χ3n) is 2.35. The van der Waals surface area contributed by atoms with E-state index in [4.69, 9.17) is 17.5 Å². The van der Waals surface area contributed by atoms with Crippen LogP contribution in [-0.4, -0.2) is 17.5 Å². The zero-order valence-electron chi connectivity index (χ0n) is 13.3. The maximum atomic E-state index is 8.74. The van der Waals surface area contributed by atoms with Crippen LogP contribution in [0.5, 0.6) is 0 Å². The van der Waals surface area contributed by atoms with Crippen LogP contribution in [0.4, 0.5) is 0 Å². The molecule has 0 rings (SSSR count). The van der Waals surface area contributed by atoms with Gasteiger partial charge in [-0.2, -0.15) is 14.8 Å². The molecule has 0 bridgehead atoms. The molecule has 114 valence electrons. The van der Waals surface area contributed by atoms with Crippen molar-refractivity contribution in [3.63, 3.8) is 0 Å². The molecule has 0 aliphatic rings. The summed E-state index contributed by atoms with van der Waals surface area (Å²) in [6.07, 6.45) is 13.9. The third-order valence-corrected chi connectivity index (χ3v) is 2.35. The number of rotatable bonds is 9. The fourth-order valence-corrected chi connectivity index (χ4v) is 1.49. The first-order valence-corrected chi connectivity index (χ1v) is 7.80. The molecule has 0 aromatic rings. The van der Waals surface area contributed by atoms with Crippen LogP contribution in [0.25, 0.3) is 0 Å². The summed E-state index contributed by atoms with van der Waals surface area (Å²) in [4.78, 5) is 0. The van der Waals surface area contributed by atoms with E-state index in [0.29, 0.717) is 0 Å². The predicted octanol–water partition coefficient (Wildman–Crippen LogP) is -4.90. The summed E-state index contributed by atoms with van der Waals surface area (Å²) in [5.74, 6) is 0. The summed E-state index contributed by atoms with van der Waals surface area (Å²) in [6.45, 7) is 6.12. The summed E-state index contributed by atoms with van der Waals surface area (Å²) < 4.78 is 31.6. The van der Waals surface area contributed by atoms with E-state index in [1.54, 1.807) is 0 Å². The molecule has 0 amide bonds. The molecule has 0 aliphatic carbocycles. The Labute approximate surface area is 207 Å². The zero-order valence-corrected chi connectivity index (χ0v) is 21.4. The summed E-state index contributed by atoms with van der Waals surface area (Å²) in [5, 5.41) is 0. The van der Waals surface area contributed by atoms with E-state index in [0.717, 1.165) is 6.42 Å². The van der Waals surface area contributed by atoms with Crippen molar-refractivity contribution < 1.29 is 122 Å². The molecule has 4 nitrogen and oxygen atoms in total. The minimum absolute atomic E-state index is 0. The van der Waals surface area contributed by atoms with Crippen LogP contribution in [0.1, 0.15) is 71.1 Å². The Balaban J connectivity index is -0.0000000821. The van der Waals surface area contributed by atoms with Gasteiger partial charge in [0.1, 0.15) is 0 Å². The fourth-order valence-electron chi connectivity index (χ4n) is 1.49. The number of unbranched alkanes of at least 4 members (excludes halogenated alkanes) is 9. The van der Waals surface area contributed by atoms with Crippen LogP contribution in [0.15, 0.2) is 0 Å². The van der Waals surface area contributed by atoms with Gasteiger partial charge in [-0.15, -0.1) is 0 Å². The van der Waals surface area contributed by atoms with E-state index >= 15 is 0 Å². The normalized spacial score (nSPS) is 9.20. The van der Waals surface area contributed by atoms with Crippen molar-refractivity contribution in [3.05, 3.63) is 6.92 Å². The van der Waals surface area contributed by atoms with Crippen LogP contribution < -0.4 is 105 Å². The Morgan fingerprint density at radius 3 is 1.35 bits per heavy atom. The first kappa shape index (κ1) is 34.5. The van der Waals surface area contributed by atoms with Crippen molar-refractivity contribution in [2.45, 2.75) is 71.1 Å². The van der Waals surface area contributed by atoms with Crippen molar-refractivity contribution in [2.75, 3.05) is 0 Å². The maximum Gasteiger partial charge on any atom is 1.00 e. The average molecular weight is 456 g/mol. The van der Waals surface area contributed by atoms with Crippen molar-refractivity contribution in [3.8, 4) is 0 Å². The molecule has 20 heavy (non-hydrogen) atoms. The molecule has 0 heterocycles. The SMILES string of the molecule is O=S(=O)(O)O.[CH2-]CCCCCCCCCCC.[I-].[K+].[Na+]. The van der Waals surface area contributed by atoms with E-state index in [-0.39, 0.29) is 105 Å². The monoisotopic (exact) mass is 456 g/mol. The largest absolute Gasteiger partial charge is 1.00 e. The first-order chi connectivity index (χ1) is 7.91. The van der Waals surface area contributed by atoms with Crippen LogP contribution in [0.2, 0.25) is 0 Å². The summed E-state index contributed by atoms with van der Waals surface area (Å²) >= 11 is 0. The van der Waals surface area contributed by atoms with Gasteiger partial charge in [-0.25, -0.2) is 0 Å². The Kier molecular flexibility index (Phi) is 46.8. The van der Waals surface area contributed by atoms with Crippen LogP contribution >= 0.6 is 0 Å². The predicted molar refractivity (Wildman–Crippen MR) is 71.4 cm³/mol. The van der Waals surface area contributed by atoms with E-state index in [1.165, 1.54) is 57.8 Å². The van der Waals surface area contributed by atoms with Gasteiger partial charge >= 0.3 is 91.3 Å². The van der Waals surface area contributed by atoms with Gasteiger partial charge in [0.05, 0.1) is 0 Å². The fraction of sp³-hybridized carbons (Fsp3) is 0.917. The van der Waals surface area contributed by atoms with Crippen LogP contribution in [-0.2, 0) is 10.4 Å². The molecule has 0 saturated carbocycles. The van der Waals surface area contributed by atoms with Crippen LogP contribution in [0.3, 0.4) is 0 Å². The molecule has 0 unspecified atom stereocenters. The average Bonchev–Trinajstić information content (AvgIpc) is 2.20. The van der Waals surface area contributed by atoms with Crippen molar-refractivity contribution in [1.29, 1.82) is 0 Å². The van der Waals surface area contributed by atoms with Gasteiger partial charge in [-0.3, -0.25) is 9.11 Å². The standard InChI is InChI=1S/C12H25.HI.K.Na.H2O4S/c1-3-5-7-9-11-12-10-8-6-4-2;;;;1-5(2,3)4/h1,3-12H2,2H3;1H;;;(H2,1,2,3,4)/q-1;;2*+1;/p-1. The quantitative estimate of drug-likeness (QED) is 0.120. The summed E-state index contributed by atoms with van der Waals surface area (Å²) in [7, 11) is -4.67. The Morgan fingerprint density at radius 1 is 0.850 bits per heavy atom. The zero-order chi connectivity index (χ0) is 13.6. The third kappa shape index (κ3) is 58.1. The molecule has 2 N–H and O–H groups in total. The molecule has 0 fully saturated rings. The van der Waals surface area contributed by atoms with Gasteiger partial charge in [0.15, 0.2) is 0 Å². The molecule has 0 aromatic heterocycles. The van der Waals surface area contributed by atoms with E-state index in [2.05, 4.69) is 13.8 Å². The second-order valence-corrected chi connectivity index (χ2v) is 5.03. The summed E-state index contributed by atoms with van der Waals surface area (Å²) in [6, 6.07) is 0. The molecule has 0 radical (unpaired) electrons. The maximum absolute atomic E-state index is 8.74. The number of halogens is 1.